The number of alkyl halides is 3. The zero-order valence-corrected chi connectivity index (χ0v) is 13.7. The van der Waals surface area contributed by atoms with Gasteiger partial charge in [-0.1, -0.05) is 13.0 Å². The van der Waals surface area contributed by atoms with Crippen molar-refractivity contribution in [1.29, 1.82) is 0 Å². The molecule has 1 aromatic carbocycles. The molecule has 0 bridgehead atoms. The molecule has 0 saturated carbocycles. The van der Waals surface area contributed by atoms with Crippen LogP contribution in [0, 0.1) is 6.92 Å². The number of nitrogens with zero attached hydrogens (tertiary/aromatic N) is 1. The topological polar surface area (TPSA) is 49.4 Å². The SMILES string of the molecule is CCCC(=O)N1CCCC1C(=O)Nc1ccc(C)c(C(F)(F)F)c1. The van der Waals surface area contributed by atoms with Crippen molar-refractivity contribution in [3.05, 3.63) is 29.3 Å². The van der Waals surface area contributed by atoms with E-state index in [1.807, 2.05) is 6.92 Å². The highest BCUT2D eigenvalue weighted by Gasteiger charge is 2.35. The summed E-state index contributed by atoms with van der Waals surface area (Å²) in [6.45, 7) is 3.77. The summed E-state index contributed by atoms with van der Waals surface area (Å²) in [4.78, 5) is 26.0. The van der Waals surface area contributed by atoms with Crippen molar-refractivity contribution in [2.75, 3.05) is 11.9 Å². The number of halogens is 3. The fourth-order valence-electron chi connectivity index (χ4n) is 2.93. The minimum absolute atomic E-state index is 0.0879. The molecule has 2 amide bonds. The molecule has 1 heterocycles. The molecule has 1 saturated heterocycles. The maximum Gasteiger partial charge on any atom is 0.416 e. The van der Waals surface area contributed by atoms with Crippen molar-refractivity contribution in [3.63, 3.8) is 0 Å². The quantitative estimate of drug-likeness (QED) is 0.906. The summed E-state index contributed by atoms with van der Waals surface area (Å²) < 4.78 is 38.9. The van der Waals surface area contributed by atoms with Crippen LogP contribution in [0.15, 0.2) is 18.2 Å². The van der Waals surface area contributed by atoms with E-state index < -0.39 is 23.7 Å². The summed E-state index contributed by atoms with van der Waals surface area (Å²) >= 11 is 0. The Hall–Kier alpha value is -2.05. The van der Waals surface area contributed by atoms with E-state index in [9.17, 15) is 22.8 Å². The molecule has 0 radical (unpaired) electrons. The molecule has 0 spiro atoms. The molecule has 1 atom stereocenters. The Kier molecular flexibility index (Phi) is 5.51. The third-order valence-corrected chi connectivity index (χ3v) is 4.15. The van der Waals surface area contributed by atoms with Gasteiger partial charge in [0, 0.05) is 18.7 Å². The number of anilines is 1. The summed E-state index contributed by atoms with van der Waals surface area (Å²) in [6.07, 6.45) is -2.17. The standard InChI is InChI=1S/C17H21F3N2O2/c1-3-5-15(23)22-9-4-6-14(22)16(24)21-12-8-7-11(2)13(10-12)17(18,19)20/h7-8,10,14H,3-6,9H2,1-2H3,(H,21,24). The van der Waals surface area contributed by atoms with Gasteiger partial charge in [0.25, 0.3) is 0 Å². The molecule has 2 rings (SSSR count). The molecule has 24 heavy (non-hydrogen) atoms. The number of carbonyl (C=O) groups is 2. The fourth-order valence-corrected chi connectivity index (χ4v) is 2.93. The highest BCUT2D eigenvalue weighted by atomic mass is 19.4. The smallest absolute Gasteiger partial charge is 0.331 e. The van der Waals surface area contributed by atoms with E-state index >= 15 is 0 Å². The Labute approximate surface area is 139 Å². The van der Waals surface area contributed by atoms with Gasteiger partial charge in [0.05, 0.1) is 5.56 Å². The first-order chi connectivity index (χ1) is 11.2. The first kappa shape index (κ1) is 18.3. The van der Waals surface area contributed by atoms with Gasteiger partial charge < -0.3 is 10.2 Å². The molecule has 1 aliphatic rings. The monoisotopic (exact) mass is 342 g/mol. The van der Waals surface area contributed by atoms with Crippen LogP contribution in [0.4, 0.5) is 18.9 Å². The third-order valence-electron chi connectivity index (χ3n) is 4.15. The van der Waals surface area contributed by atoms with Gasteiger partial charge in [-0.2, -0.15) is 13.2 Å². The highest BCUT2D eigenvalue weighted by Crippen LogP contribution is 2.33. The minimum Gasteiger partial charge on any atom is -0.331 e. The predicted octanol–water partition coefficient (Wildman–Crippen LogP) is 3.74. The lowest BCUT2D eigenvalue weighted by Crippen LogP contribution is -2.43. The molecule has 1 aromatic rings. The average Bonchev–Trinajstić information content (AvgIpc) is 2.98. The Balaban J connectivity index is 2.13. The summed E-state index contributed by atoms with van der Waals surface area (Å²) in [5, 5.41) is 2.52. The number of benzene rings is 1. The Morgan fingerprint density at radius 3 is 2.67 bits per heavy atom. The van der Waals surface area contributed by atoms with E-state index in [4.69, 9.17) is 0 Å². The Morgan fingerprint density at radius 2 is 2.04 bits per heavy atom. The van der Waals surface area contributed by atoms with Crippen LogP contribution in [0.5, 0.6) is 0 Å². The molecule has 1 fully saturated rings. The van der Waals surface area contributed by atoms with Crippen molar-refractivity contribution in [1.82, 2.24) is 4.90 Å². The zero-order valence-electron chi connectivity index (χ0n) is 13.7. The summed E-state index contributed by atoms with van der Waals surface area (Å²) in [5.74, 6) is -0.524. The second-order valence-corrected chi connectivity index (χ2v) is 6.01. The van der Waals surface area contributed by atoms with E-state index in [0.717, 1.165) is 12.5 Å². The van der Waals surface area contributed by atoms with Crippen molar-refractivity contribution < 1.29 is 22.8 Å². The van der Waals surface area contributed by atoms with Gasteiger partial charge in [-0.05, 0) is 43.9 Å². The molecule has 1 aliphatic heterocycles. The fraction of sp³-hybridized carbons (Fsp3) is 0.529. The van der Waals surface area contributed by atoms with Crippen LogP contribution >= 0.6 is 0 Å². The van der Waals surface area contributed by atoms with Gasteiger partial charge in [-0.15, -0.1) is 0 Å². The second kappa shape index (κ2) is 7.23. The number of likely N-dealkylation sites (tertiary alicyclic amines) is 1. The van der Waals surface area contributed by atoms with E-state index in [-0.39, 0.29) is 17.2 Å². The summed E-state index contributed by atoms with van der Waals surface area (Å²) in [7, 11) is 0. The van der Waals surface area contributed by atoms with Crippen LogP contribution in [0.3, 0.4) is 0 Å². The molecule has 132 valence electrons. The first-order valence-corrected chi connectivity index (χ1v) is 8.02. The van der Waals surface area contributed by atoms with Crippen LogP contribution < -0.4 is 5.32 Å². The zero-order chi connectivity index (χ0) is 17.9. The van der Waals surface area contributed by atoms with E-state index in [1.165, 1.54) is 24.0 Å². The van der Waals surface area contributed by atoms with Crippen molar-refractivity contribution in [3.8, 4) is 0 Å². The maximum atomic E-state index is 13.0. The lowest BCUT2D eigenvalue weighted by atomic mass is 10.1. The van der Waals surface area contributed by atoms with Gasteiger partial charge in [-0.3, -0.25) is 9.59 Å². The van der Waals surface area contributed by atoms with Crippen LogP contribution in [0.25, 0.3) is 0 Å². The molecule has 7 heteroatoms. The van der Waals surface area contributed by atoms with Crippen LogP contribution in [0.1, 0.15) is 43.7 Å². The van der Waals surface area contributed by atoms with Gasteiger partial charge in [-0.25, -0.2) is 0 Å². The van der Waals surface area contributed by atoms with Crippen LogP contribution in [-0.4, -0.2) is 29.3 Å². The lowest BCUT2D eigenvalue weighted by Gasteiger charge is -2.24. The van der Waals surface area contributed by atoms with Gasteiger partial charge in [0.15, 0.2) is 0 Å². The van der Waals surface area contributed by atoms with Gasteiger partial charge in [0.1, 0.15) is 6.04 Å². The number of carbonyl (C=O) groups excluding carboxylic acids is 2. The van der Waals surface area contributed by atoms with Crippen molar-refractivity contribution in [2.24, 2.45) is 0 Å². The minimum atomic E-state index is -4.47. The van der Waals surface area contributed by atoms with Crippen LogP contribution in [0.2, 0.25) is 0 Å². The van der Waals surface area contributed by atoms with Gasteiger partial charge >= 0.3 is 6.18 Å². The Bertz CT molecular complexity index is 629. The second-order valence-electron chi connectivity index (χ2n) is 6.01. The number of rotatable bonds is 4. The lowest BCUT2D eigenvalue weighted by molar-refractivity contribution is -0.138. The third kappa shape index (κ3) is 4.07. The molecule has 1 unspecified atom stereocenters. The number of hydrogen-bond acceptors (Lipinski definition) is 2. The van der Waals surface area contributed by atoms with Crippen LogP contribution in [-0.2, 0) is 15.8 Å². The maximum absolute atomic E-state index is 13.0. The molecular weight excluding hydrogens is 321 g/mol. The normalized spacial score (nSPS) is 17.9. The largest absolute Gasteiger partial charge is 0.416 e. The number of aryl methyl sites for hydroxylation is 1. The molecule has 0 aromatic heterocycles. The van der Waals surface area contributed by atoms with E-state index in [0.29, 0.717) is 25.8 Å². The average molecular weight is 342 g/mol. The molecule has 0 aliphatic carbocycles. The Morgan fingerprint density at radius 1 is 1.33 bits per heavy atom. The number of amides is 2. The number of hydrogen-bond donors (Lipinski definition) is 1. The van der Waals surface area contributed by atoms with Gasteiger partial charge in [0.2, 0.25) is 11.8 Å². The summed E-state index contributed by atoms with van der Waals surface area (Å²) in [5.41, 5.74) is -0.584. The molecule has 4 nitrogen and oxygen atoms in total. The van der Waals surface area contributed by atoms with Crippen molar-refractivity contribution >= 4 is 17.5 Å². The first-order valence-electron chi connectivity index (χ1n) is 8.02. The van der Waals surface area contributed by atoms with E-state index in [1.54, 1.807) is 0 Å². The molecule has 1 N–H and O–H groups in total. The van der Waals surface area contributed by atoms with E-state index in [2.05, 4.69) is 5.32 Å². The highest BCUT2D eigenvalue weighted by molar-refractivity contribution is 5.97. The van der Waals surface area contributed by atoms with Crippen molar-refractivity contribution in [2.45, 2.75) is 51.7 Å². The number of nitrogens with one attached hydrogen (secondary N) is 1. The summed E-state index contributed by atoms with van der Waals surface area (Å²) in [6, 6.07) is 3.09. The molecular formula is C17H21F3N2O2. The predicted molar refractivity (Wildman–Crippen MR) is 84.5 cm³/mol.